The minimum atomic E-state index is 0.395. The van der Waals surface area contributed by atoms with E-state index in [1.807, 2.05) is 0 Å². The SMILES string of the molecule is CC(NC1CCC(C)(C)C1)c1ccc(Br)cc1Br. The third-order valence-corrected chi connectivity index (χ3v) is 5.06. The number of benzene rings is 1. The topological polar surface area (TPSA) is 12.0 Å². The average molecular weight is 375 g/mol. The van der Waals surface area contributed by atoms with Crippen molar-refractivity contribution < 1.29 is 0 Å². The highest BCUT2D eigenvalue weighted by molar-refractivity contribution is 9.11. The lowest BCUT2D eigenvalue weighted by atomic mass is 9.91. The summed E-state index contributed by atoms with van der Waals surface area (Å²) in [5.74, 6) is 0. The van der Waals surface area contributed by atoms with Gasteiger partial charge in [-0.05, 0) is 49.3 Å². The molecule has 0 bridgehead atoms. The van der Waals surface area contributed by atoms with E-state index >= 15 is 0 Å². The Hall–Kier alpha value is 0.140. The van der Waals surface area contributed by atoms with Gasteiger partial charge in [0, 0.05) is 21.0 Å². The fourth-order valence-electron chi connectivity index (χ4n) is 2.87. The summed E-state index contributed by atoms with van der Waals surface area (Å²) in [6, 6.07) is 7.46. The highest BCUT2D eigenvalue weighted by atomic mass is 79.9. The molecule has 3 heteroatoms. The van der Waals surface area contributed by atoms with Crippen LogP contribution in [0.4, 0.5) is 0 Å². The standard InChI is InChI=1S/C15H21Br2N/c1-10(13-5-4-11(16)8-14(13)17)18-12-6-7-15(2,3)9-12/h4-5,8,10,12,18H,6-7,9H2,1-3H3. The molecule has 2 atom stereocenters. The molecule has 1 aromatic rings. The molecule has 2 rings (SSSR count). The number of hydrogen-bond donors (Lipinski definition) is 1. The molecule has 1 fully saturated rings. The second kappa shape index (κ2) is 5.64. The first-order chi connectivity index (χ1) is 8.37. The molecule has 100 valence electrons. The zero-order valence-corrected chi connectivity index (χ0v) is 14.4. The van der Waals surface area contributed by atoms with Crippen LogP contribution < -0.4 is 5.32 Å². The Balaban J connectivity index is 2.02. The molecule has 1 aliphatic carbocycles. The van der Waals surface area contributed by atoms with E-state index in [0.717, 1.165) is 4.47 Å². The third-order valence-electron chi connectivity index (χ3n) is 3.88. The summed E-state index contributed by atoms with van der Waals surface area (Å²) in [6.07, 6.45) is 3.91. The van der Waals surface area contributed by atoms with Gasteiger partial charge < -0.3 is 5.32 Å². The first-order valence-electron chi connectivity index (χ1n) is 6.58. The first kappa shape index (κ1) is 14.5. The number of halogens is 2. The molecule has 18 heavy (non-hydrogen) atoms. The second-order valence-corrected chi connectivity index (χ2v) is 7.93. The van der Waals surface area contributed by atoms with Gasteiger partial charge in [0.1, 0.15) is 0 Å². The van der Waals surface area contributed by atoms with E-state index in [-0.39, 0.29) is 0 Å². The first-order valence-corrected chi connectivity index (χ1v) is 8.17. The smallest absolute Gasteiger partial charge is 0.0305 e. The van der Waals surface area contributed by atoms with Gasteiger partial charge in [-0.15, -0.1) is 0 Å². The molecule has 1 nitrogen and oxygen atoms in total. The van der Waals surface area contributed by atoms with Crippen molar-refractivity contribution in [3.8, 4) is 0 Å². The molecular weight excluding hydrogens is 354 g/mol. The predicted octanol–water partition coefficient (Wildman–Crippen LogP) is 5.44. The molecule has 0 aliphatic heterocycles. The van der Waals surface area contributed by atoms with Crippen LogP contribution in [0.25, 0.3) is 0 Å². The van der Waals surface area contributed by atoms with Crippen LogP contribution in [0.3, 0.4) is 0 Å². The highest BCUT2D eigenvalue weighted by Crippen LogP contribution is 2.38. The zero-order valence-electron chi connectivity index (χ0n) is 11.3. The lowest BCUT2D eigenvalue weighted by Crippen LogP contribution is -2.30. The van der Waals surface area contributed by atoms with E-state index in [1.54, 1.807) is 0 Å². The molecule has 0 radical (unpaired) electrons. The maximum absolute atomic E-state index is 3.77. The maximum Gasteiger partial charge on any atom is 0.0305 e. The van der Waals surface area contributed by atoms with Crippen molar-refractivity contribution in [1.29, 1.82) is 0 Å². The van der Waals surface area contributed by atoms with Gasteiger partial charge >= 0.3 is 0 Å². The van der Waals surface area contributed by atoms with Crippen LogP contribution >= 0.6 is 31.9 Å². The van der Waals surface area contributed by atoms with E-state index in [1.165, 1.54) is 29.3 Å². The summed E-state index contributed by atoms with van der Waals surface area (Å²) in [5.41, 5.74) is 1.84. The van der Waals surface area contributed by atoms with Gasteiger partial charge in [0.25, 0.3) is 0 Å². The van der Waals surface area contributed by atoms with Gasteiger partial charge in [0.15, 0.2) is 0 Å². The quantitative estimate of drug-likeness (QED) is 0.742. The largest absolute Gasteiger partial charge is 0.307 e. The highest BCUT2D eigenvalue weighted by Gasteiger charge is 2.31. The van der Waals surface area contributed by atoms with E-state index in [2.05, 4.69) is 76.1 Å². The molecule has 1 aliphatic rings. The molecule has 1 aromatic carbocycles. The minimum Gasteiger partial charge on any atom is -0.307 e. The van der Waals surface area contributed by atoms with Crippen molar-refractivity contribution in [3.63, 3.8) is 0 Å². The van der Waals surface area contributed by atoms with E-state index < -0.39 is 0 Å². The van der Waals surface area contributed by atoms with Gasteiger partial charge in [0.2, 0.25) is 0 Å². The monoisotopic (exact) mass is 373 g/mol. The summed E-state index contributed by atoms with van der Waals surface area (Å²) in [7, 11) is 0. The fraction of sp³-hybridized carbons (Fsp3) is 0.600. The van der Waals surface area contributed by atoms with Gasteiger partial charge in [-0.1, -0.05) is 51.8 Å². The molecule has 0 amide bonds. The van der Waals surface area contributed by atoms with Gasteiger partial charge in [-0.2, -0.15) is 0 Å². The van der Waals surface area contributed by atoms with Crippen molar-refractivity contribution >= 4 is 31.9 Å². The summed E-state index contributed by atoms with van der Waals surface area (Å²) < 4.78 is 2.29. The summed E-state index contributed by atoms with van der Waals surface area (Å²) in [5, 5.41) is 3.77. The van der Waals surface area contributed by atoms with Crippen molar-refractivity contribution in [2.24, 2.45) is 5.41 Å². The Bertz CT molecular complexity index is 429. The van der Waals surface area contributed by atoms with Crippen LogP contribution in [0.5, 0.6) is 0 Å². The van der Waals surface area contributed by atoms with Crippen LogP contribution in [-0.2, 0) is 0 Å². The molecule has 0 aromatic heterocycles. The fourth-order valence-corrected chi connectivity index (χ4v) is 4.26. The average Bonchev–Trinajstić information content (AvgIpc) is 2.57. The van der Waals surface area contributed by atoms with E-state index in [0.29, 0.717) is 17.5 Å². The molecule has 1 N–H and O–H groups in total. The van der Waals surface area contributed by atoms with E-state index in [4.69, 9.17) is 0 Å². The maximum atomic E-state index is 3.77. The van der Waals surface area contributed by atoms with Crippen molar-refractivity contribution in [2.75, 3.05) is 0 Å². The van der Waals surface area contributed by atoms with Crippen LogP contribution in [0.1, 0.15) is 51.6 Å². The summed E-state index contributed by atoms with van der Waals surface area (Å²) >= 11 is 7.15. The Kier molecular flexibility index (Phi) is 4.56. The molecule has 2 unspecified atom stereocenters. The van der Waals surface area contributed by atoms with Crippen LogP contribution in [0.15, 0.2) is 27.1 Å². The molecule has 1 saturated carbocycles. The van der Waals surface area contributed by atoms with Crippen molar-refractivity contribution in [1.82, 2.24) is 5.32 Å². The van der Waals surface area contributed by atoms with Crippen molar-refractivity contribution in [2.45, 2.75) is 52.1 Å². The number of rotatable bonds is 3. The molecule has 0 saturated heterocycles. The minimum absolute atomic E-state index is 0.395. The van der Waals surface area contributed by atoms with Gasteiger partial charge in [-0.3, -0.25) is 0 Å². The Morgan fingerprint density at radius 1 is 1.33 bits per heavy atom. The Morgan fingerprint density at radius 3 is 2.61 bits per heavy atom. The van der Waals surface area contributed by atoms with Crippen LogP contribution in [0.2, 0.25) is 0 Å². The van der Waals surface area contributed by atoms with E-state index in [9.17, 15) is 0 Å². The molecule has 0 spiro atoms. The number of hydrogen-bond acceptors (Lipinski definition) is 1. The summed E-state index contributed by atoms with van der Waals surface area (Å²) in [6.45, 7) is 6.99. The van der Waals surface area contributed by atoms with Gasteiger partial charge in [0.05, 0.1) is 0 Å². The second-order valence-electron chi connectivity index (χ2n) is 6.16. The normalized spacial score (nSPS) is 24.2. The van der Waals surface area contributed by atoms with Crippen LogP contribution in [-0.4, -0.2) is 6.04 Å². The lowest BCUT2D eigenvalue weighted by Gasteiger charge is -2.22. The van der Waals surface area contributed by atoms with Crippen LogP contribution in [0, 0.1) is 5.41 Å². The van der Waals surface area contributed by atoms with Gasteiger partial charge in [-0.25, -0.2) is 0 Å². The summed E-state index contributed by atoms with van der Waals surface area (Å²) in [4.78, 5) is 0. The molecular formula is C15H21Br2N. The number of nitrogens with one attached hydrogen (secondary N) is 1. The Labute approximate surface area is 127 Å². The van der Waals surface area contributed by atoms with Crippen molar-refractivity contribution in [3.05, 3.63) is 32.7 Å². The third kappa shape index (κ3) is 3.58. The Morgan fingerprint density at radius 2 is 2.06 bits per heavy atom. The zero-order chi connectivity index (χ0) is 13.3. The lowest BCUT2D eigenvalue weighted by molar-refractivity contribution is 0.356. The predicted molar refractivity (Wildman–Crippen MR) is 84.8 cm³/mol. The molecule has 0 heterocycles.